The van der Waals surface area contributed by atoms with Crippen LogP contribution in [0, 0.1) is 23.7 Å². The second-order valence-corrected chi connectivity index (χ2v) is 9.02. The molecule has 3 fully saturated rings. The van der Waals surface area contributed by atoms with E-state index < -0.39 is 0 Å². The van der Waals surface area contributed by atoms with Gasteiger partial charge in [0, 0.05) is 10.0 Å². The molecule has 2 saturated carbocycles. The molecule has 0 radical (unpaired) electrons. The Morgan fingerprint density at radius 1 is 0.931 bits per heavy atom. The minimum atomic E-state index is -0.124. The molecule has 3 aliphatic rings. The number of carbonyl (C=O) groups excluding carboxylic acids is 3. The molecule has 29 heavy (non-hydrogen) atoms. The molecule has 1 saturated heterocycles. The van der Waals surface area contributed by atoms with E-state index in [4.69, 9.17) is 4.74 Å². The number of amides is 2. The van der Waals surface area contributed by atoms with Crippen LogP contribution in [0.3, 0.4) is 0 Å². The van der Waals surface area contributed by atoms with Gasteiger partial charge in [-0.15, -0.1) is 0 Å². The molecule has 2 bridgehead atoms. The Bertz CT molecular complexity index is 957. The number of anilines is 1. The van der Waals surface area contributed by atoms with E-state index in [1.54, 1.807) is 36.4 Å². The van der Waals surface area contributed by atoms with Gasteiger partial charge in [0.1, 0.15) is 5.75 Å². The fraction of sp³-hybridized carbons (Fsp3) is 0.348. The number of fused-ring (bicyclic) bond motifs is 5. The minimum absolute atomic E-state index is 0.0497. The van der Waals surface area contributed by atoms with Crippen molar-refractivity contribution < 1.29 is 19.1 Å². The lowest BCUT2D eigenvalue weighted by molar-refractivity contribution is -0.123. The van der Waals surface area contributed by atoms with Crippen molar-refractivity contribution in [1.29, 1.82) is 0 Å². The predicted octanol–water partition coefficient (Wildman–Crippen LogP) is 4.25. The molecule has 2 aromatic carbocycles. The largest absolute Gasteiger partial charge is 0.485 e. The predicted molar refractivity (Wildman–Crippen MR) is 111 cm³/mol. The molecule has 5 rings (SSSR count). The molecule has 5 nitrogen and oxygen atoms in total. The first-order valence-electron chi connectivity index (χ1n) is 9.92. The molecule has 4 atom stereocenters. The van der Waals surface area contributed by atoms with Crippen molar-refractivity contribution in [3.05, 3.63) is 58.6 Å². The summed E-state index contributed by atoms with van der Waals surface area (Å²) in [6.07, 6.45) is 3.16. The summed E-state index contributed by atoms with van der Waals surface area (Å²) in [6.45, 7) is -0.0734. The molecule has 0 aromatic heterocycles. The molecular weight excluding hydrogens is 434 g/mol. The van der Waals surface area contributed by atoms with Crippen molar-refractivity contribution in [3.8, 4) is 5.75 Å². The molecule has 6 heteroatoms. The molecule has 2 aliphatic carbocycles. The first-order chi connectivity index (χ1) is 14.0. The van der Waals surface area contributed by atoms with Crippen LogP contribution in [0.5, 0.6) is 5.75 Å². The maximum atomic E-state index is 12.9. The summed E-state index contributed by atoms with van der Waals surface area (Å²) < 4.78 is 6.50. The molecule has 2 amide bonds. The summed E-state index contributed by atoms with van der Waals surface area (Å²) in [6, 6.07) is 14.0. The Labute approximate surface area is 177 Å². The van der Waals surface area contributed by atoms with Crippen LogP contribution < -0.4 is 9.64 Å². The van der Waals surface area contributed by atoms with E-state index in [0.717, 1.165) is 23.7 Å². The molecule has 1 heterocycles. The van der Waals surface area contributed by atoms with Crippen molar-refractivity contribution in [3.63, 3.8) is 0 Å². The Kier molecular flexibility index (Phi) is 4.54. The first-order valence-corrected chi connectivity index (χ1v) is 10.7. The average molecular weight is 454 g/mol. The number of hydrogen-bond acceptors (Lipinski definition) is 4. The smallest absolute Gasteiger partial charge is 0.237 e. The fourth-order valence-electron chi connectivity index (χ4n) is 5.22. The van der Waals surface area contributed by atoms with E-state index in [0.29, 0.717) is 28.8 Å². The zero-order chi connectivity index (χ0) is 20.1. The lowest BCUT2D eigenvalue weighted by atomic mass is 9.81. The number of hydrogen-bond donors (Lipinski definition) is 0. The van der Waals surface area contributed by atoms with E-state index in [2.05, 4.69) is 15.9 Å². The molecule has 148 valence electrons. The van der Waals surface area contributed by atoms with Crippen LogP contribution >= 0.6 is 15.9 Å². The molecular formula is C23H20BrNO4. The third-order valence-electron chi connectivity index (χ3n) is 6.56. The van der Waals surface area contributed by atoms with Crippen LogP contribution in [0.4, 0.5) is 5.69 Å². The van der Waals surface area contributed by atoms with Gasteiger partial charge in [-0.25, -0.2) is 0 Å². The standard InChI is InChI=1S/C23H20BrNO4/c24-16-5-3-13(4-6-16)19(26)12-29-18-9-7-17(8-10-18)25-22(27)20-14-1-2-15(11-14)21(20)23(25)28/h3-10,14-15,20-21H,1-2,11-12H2/t14-,15-,20-,21-/m0/s1. The van der Waals surface area contributed by atoms with Gasteiger partial charge in [0.25, 0.3) is 0 Å². The lowest BCUT2D eigenvalue weighted by Crippen LogP contribution is -2.32. The van der Waals surface area contributed by atoms with Gasteiger partial charge in [0.05, 0.1) is 17.5 Å². The number of halogens is 1. The summed E-state index contributed by atoms with van der Waals surface area (Å²) in [4.78, 5) is 39.4. The van der Waals surface area contributed by atoms with Crippen molar-refractivity contribution >= 4 is 39.2 Å². The van der Waals surface area contributed by atoms with Crippen LogP contribution in [0.2, 0.25) is 0 Å². The number of benzene rings is 2. The highest BCUT2D eigenvalue weighted by Gasteiger charge is 2.61. The fourth-order valence-corrected chi connectivity index (χ4v) is 5.49. The van der Waals surface area contributed by atoms with E-state index in [9.17, 15) is 14.4 Å². The number of imide groups is 1. The van der Waals surface area contributed by atoms with Crippen LogP contribution in [0.25, 0.3) is 0 Å². The molecule has 0 unspecified atom stereocenters. The van der Waals surface area contributed by atoms with Crippen molar-refractivity contribution in [2.75, 3.05) is 11.5 Å². The number of nitrogens with zero attached hydrogens (tertiary/aromatic N) is 1. The molecule has 2 aromatic rings. The van der Waals surface area contributed by atoms with Crippen LogP contribution in [-0.4, -0.2) is 24.2 Å². The molecule has 0 N–H and O–H groups in total. The maximum Gasteiger partial charge on any atom is 0.237 e. The third-order valence-corrected chi connectivity index (χ3v) is 7.09. The highest BCUT2D eigenvalue weighted by atomic mass is 79.9. The quantitative estimate of drug-likeness (QED) is 0.501. The second kappa shape index (κ2) is 7.10. The Morgan fingerprint density at radius 3 is 2.10 bits per heavy atom. The van der Waals surface area contributed by atoms with Crippen LogP contribution in [0.1, 0.15) is 29.6 Å². The lowest BCUT2D eigenvalue weighted by Gasteiger charge is -2.19. The highest BCUT2D eigenvalue weighted by Crippen LogP contribution is 2.56. The Balaban J connectivity index is 1.26. The zero-order valence-corrected chi connectivity index (χ0v) is 17.3. The van der Waals surface area contributed by atoms with Crippen molar-refractivity contribution in [2.24, 2.45) is 23.7 Å². The van der Waals surface area contributed by atoms with Crippen LogP contribution in [-0.2, 0) is 9.59 Å². The van der Waals surface area contributed by atoms with E-state index in [-0.39, 0.29) is 36.0 Å². The second-order valence-electron chi connectivity index (χ2n) is 8.11. The number of carbonyl (C=O) groups is 3. The number of rotatable bonds is 5. The van der Waals surface area contributed by atoms with E-state index in [1.165, 1.54) is 4.90 Å². The van der Waals surface area contributed by atoms with Crippen molar-refractivity contribution in [1.82, 2.24) is 0 Å². The average Bonchev–Trinajstić information content (AvgIpc) is 3.41. The zero-order valence-electron chi connectivity index (χ0n) is 15.7. The van der Waals surface area contributed by atoms with E-state index in [1.807, 2.05) is 12.1 Å². The maximum absolute atomic E-state index is 12.9. The van der Waals surface area contributed by atoms with Gasteiger partial charge < -0.3 is 4.74 Å². The van der Waals surface area contributed by atoms with Gasteiger partial charge in [-0.3, -0.25) is 19.3 Å². The van der Waals surface area contributed by atoms with Gasteiger partial charge in [0.2, 0.25) is 11.8 Å². The highest BCUT2D eigenvalue weighted by molar-refractivity contribution is 9.10. The SMILES string of the molecule is O=C(COc1ccc(N2C(=O)[C@H]3[C@H]4CC[C@@H](C4)[C@@H]3C2=O)cc1)c1ccc(Br)cc1. The number of ether oxygens (including phenoxy) is 1. The number of Topliss-reactive ketones (excluding diaryl/α,β-unsaturated/α-hetero) is 1. The summed E-state index contributed by atoms with van der Waals surface area (Å²) in [5.74, 6) is 0.810. The third kappa shape index (κ3) is 3.10. The Morgan fingerprint density at radius 2 is 1.52 bits per heavy atom. The van der Waals surface area contributed by atoms with Gasteiger partial charge in [-0.05, 0) is 67.5 Å². The normalized spacial score (nSPS) is 27.4. The number of ketones is 1. The summed E-state index contributed by atoms with van der Waals surface area (Å²) in [5, 5.41) is 0. The van der Waals surface area contributed by atoms with Gasteiger partial charge in [-0.1, -0.05) is 28.1 Å². The summed E-state index contributed by atoms with van der Waals surface area (Å²) in [7, 11) is 0. The molecule has 0 spiro atoms. The summed E-state index contributed by atoms with van der Waals surface area (Å²) >= 11 is 3.34. The summed E-state index contributed by atoms with van der Waals surface area (Å²) in [5.41, 5.74) is 1.17. The topological polar surface area (TPSA) is 63.7 Å². The van der Waals surface area contributed by atoms with Gasteiger partial charge >= 0.3 is 0 Å². The minimum Gasteiger partial charge on any atom is -0.485 e. The molecule has 1 aliphatic heterocycles. The van der Waals surface area contributed by atoms with Gasteiger partial charge in [-0.2, -0.15) is 0 Å². The van der Waals surface area contributed by atoms with E-state index >= 15 is 0 Å². The van der Waals surface area contributed by atoms with Crippen LogP contribution in [0.15, 0.2) is 53.0 Å². The van der Waals surface area contributed by atoms with Gasteiger partial charge in [0.15, 0.2) is 12.4 Å². The first kappa shape index (κ1) is 18.6. The Hall–Kier alpha value is -2.47. The monoisotopic (exact) mass is 453 g/mol. The van der Waals surface area contributed by atoms with Crippen molar-refractivity contribution in [2.45, 2.75) is 19.3 Å².